The van der Waals surface area contributed by atoms with Gasteiger partial charge in [-0.05, 0) is 60.4 Å². The standard InChI is InChI=1S/C30H28BrNO4S/c1-20(29(23-10-6-4-7-11-23)21(2)30(34)24-12-8-5-9-13-24)27-18-32(19-28(27)22(3)33)37(35,36)26-16-14-25(31)15-17-26/h4-17,21H,18-19H2,1-3H3/b29-20-. The number of carbonyl (C=O) groups excluding carboxylic acids is 2. The molecule has 0 amide bonds. The van der Waals surface area contributed by atoms with Crippen LogP contribution >= 0.6 is 15.9 Å². The van der Waals surface area contributed by atoms with Crippen LogP contribution in [0, 0.1) is 5.92 Å². The molecule has 0 spiro atoms. The monoisotopic (exact) mass is 577 g/mol. The Morgan fingerprint density at radius 1 is 0.784 bits per heavy atom. The van der Waals surface area contributed by atoms with E-state index in [0.717, 1.165) is 21.2 Å². The lowest BCUT2D eigenvalue weighted by molar-refractivity contribution is -0.113. The van der Waals surface area contributed by atoms with E-state index in [-0.39, 0.29) is 29.6 Å². The van der Waals surface area contributed by atoms with E-state index < -0.39 is 15.9 Å². The van der Waals surface area contributed by atoms with E-state index in [9.17, 15) is 18.0 Å². The van der Waals surface area contributed by atoms with Crippen LogP contribution in [0.4, 0.5) is 0 Å². The molecule has 1 heterocycles. The fraction of sp³-hybridized carbons (Fsp3) is 0.200. The number of nitrogens with zero attached hydrogens (tertiary/aromatic N) is 1. The third kappa shape index (κ3) is 5.59. The van der Waals surface area contributed by atoms with E-state index >= 15 is 0 Å². The summed E-state index contributed by atoms with van der Waals surface area (Å²) in [6.07, 6.45) is 0. The molecule has 3 aromatic carbocycles. The number of hydrogen-bond donors (Lipinski definition) is 0. The molecule has 4 rings (SSSR count). The Morgan fingerprint density at radius 3 is 1.84 bits per heavy atom. The Morgan fingerprint density at radius 2 is 1.30 bits per heavy atom. The SMILES string of the molecule is CC(=O)C1=C(/C(C)=C(\c2ccccc2)C(C)C(=O)c2ccccc2)CN(S(=O)(=O)c2ccc(Br)cc2)C1. The molecule has 0 bridgehead atoms. The van der Waals surface area contributed by atoms with Crippen LogP contribution in [0.15, 0.2) is 111 Å². The van der Waals surface area contributed by atoms with Crippen LogP contribution in [0.1, 0.15) is 36.7 Å². The van der Waals surface area contributed by atoms with Crippen LogP contribution in [-0.2, 0) is 14.8 Å². The van der Waals surface area contributed by atoms with Gasteiger partial charge in [-0.2, -0.15) is 4.31 Å². The molecule has 190 valence electrons. The van der Waals surface area contributed by atoms with Gasteiger partial charge in [0.15, 0.2) is 11.6 Å². The second kappa shape index (κ2) is 11.1. The number of carbonyl (C=O) groups is 2. The Balaban J connectivity index is 1.81. The van der Waals surface area contributed by atoms with Crippen molar-refractivity contribution in [3.8, 4) is 0 Å². The molecule has 1 aliphatic rings. The Labute approximate surface area is 226 Å². The summed E-state index contributed by atoms with van der Waals surface area (Å²) >= 11 is 3.34. The minimum Gasteiger partial charge on any atom is -0.295 e. The predicted octanol–water partition coefficient (Wildman–Crippen LogP) is 6.33. The first-order valence-electron chi connectivity index (χ1n) is 12.0. The highest BCUT2D eigenvalue weighted by atomic mass is 79.9. The number of ketones is 2. The van der Waals surface area contributed by atoms with Crippen LogP contribution in [0.5, 0.6) is 0 Å². The summed E-state index contributed by atoms with van der Waals surface area (Å²) in [7, 11) is -3.83. The molecule has 0 radical (unpaired) electrons. The first-order valence-corrected chi connectivity index (χ1v) is 14.2. The zero-order valence-corrected chi connectivity index (χ0v) is 23.3. The number of hydrogen-bond acceptors (Lipinski definition) is 4. The van der Waals surface area contributed by atoms with Crippen molar-refractivity contribution in [2.45, 2.75) is 25.7 Å². The average molecular weight is 579 g/mol. The molecule has 0 aliphatic carbocycles. The Bertz CT molecular complexity index is 1490. The Hall–Kier alpha value is -3.13. The second-order valence-corrected chi connectivity index (χ2v) is 12.0. The van der Waals surface area contributed by atoms with Gasteiger partial charge in [-0.15, -0.1) is 0 Å². The number of Topliss-reactive ketones (excluding diaryl/α,β-unsaturated/α-hetero) is 2. The van der Waals surface area contributed by atoms with Gasteiger partial charge in [-0.1, -0.05) is 83.5 Å². The molecular weight excluding hydrogens is 550 g/mol. The maximum Gasteiger partial charge on any atom is 0.243 e. The van der Waals surface area contributed by atoms with Crippen molar-refractivity contribution in [3.63, 3.8) is 0 Å². The number of allylic oxidation sites excluding steroid dienone is 1. The molecule has 0 fully saturated rings. The van der Waals surface area contributed by atoms with Crippen LogP contribution < -0.4 is 0 Å². The van der Waals surface area contributed by atoms with E-state index in [1.54, 1.807) is 36.4 Å². The second-order valence-electron chi connectivity index (χ2n) is 9.10. The predicted molar refractivity (Wildman–Crippen MR) is 150 cm³/mol. The lowest BCUT2D eigenvalue weighted by Crippen LogP contribution is -2.30. The van der Waals surface area contributed by atoms with E-state index in [1.165, 1.54) is 11.2 Å². The lowest BCUT2D eigenvalue weighted by atomic mass is 9.82. The van der Waals surface area contributed by atoms with Gasteiger partial charge < -0.3 is 0 Å². The summed E-state index contributed by atoms with van der Waals surface area (Å²) in [5.41, 5.74) is 4.10. The maximum atomic E-state index is 13.5. The third-order valence-corrected chi connectivity index (χ3v) is 9.07. The average Bonchev–Trinajstić information content (AvgIpc) is 3.37. The van der Waals surface area contributed by atoms with Crippen molar-refractivity contribution in [3.05, 3.63) is 117 Å². The summed E-state index contributed by atoms with van der Waals surface area (Å²) in [6, 6.07) is 25.1. The van der Waals surface area contributed by atoms with E-state index in [2.05, 4.69) is 15.9 Å². The van der Waals surface area contributed by atoms with Gasteiger partial charge >= 0.3 is 0 Å². The van der Waals surface area contributed by atoms with Crippen LogP contribution in [0.3, 0.4) is 0 Å². The summed E-state index contributed by atoms with van der Waals surface area (Å²) in [5.74, 6) is -0.735. The number of halogens is 1. The fourth-order valence-electron chi connectivity index (χ4n) is 4.75. The molecule has 0 N–H and O–H groups in total. The summed E-state index contributed by atoms with van der Waals surface area (Å²) < 4.78 is 29.0. The fourth-order valence-corrected chi connectivity index (χ4v) is 6.39. The van der Waals surface area contributed by atoms with Gasteiger partial charge in [-0.25, -0.2) is 8.42 Å². The van der Waals surface area contributed by atoms with E-state index in [4.69, 9.17) is 0 Å². The van der Waals surface area contributed by atoms with Gasteiger partial charge in [0.25, 0.3) is 0 Å². The molecule has 1 unspecified atom stereocenters. The number of rotatable bonds is 8. The van der Waals surface area contributed by atoms with Crippen LogP contribution in [0.2, 0.25) is 0 Å². The smallest absolute Gasteiger partial charge is 0.243 e. The van der Waals surface area contributed by atoms with Gasteiger partial charge in [0, 0.05) is 34.6 Å². The van der Waals surface area contributed by atoms with Crippen LogP contribution in [0.25, 0.3) is 5.57 Å². The third-order valence-electron chi connectivity index (χ3n) is 6.74. The van der Waals surface area contributed by atoms with Gasteiger partial charge in [-0.3, -0.25) is 9.59 Å². The largest absolute Gasteiger partial charge is 0.295 e. The molecule has 1 atom stereocenters. The molecule has 5 nitrogen and oxygen atoms in total. The summed E-state index contributed by atoms with van der Waals surface area (Å²) in [5, 5.41) is 0. The quantitative estimate of drug-likeness (QED) is 0.293. The van der Waals surface area contributed by atoms with Crippen molar-refractivity contribution < 1.29 is 18.0 Å². The highest BCUT2D eigenvalue weighted by Crippen LogP contribution is 2.37. The summed E-state index contributed by atoms with van der Waals surface area (Å²) in [4.78, 5) is 26.4. The van der Waals surface area contributed by atoms with Gasteiger partial charge in [0.1, 0.15) is 0 Å². The number of sulfonamides is 1. The molecule has 37 heavy (non-hydrogen) atoms. The zero-order chi connectivity index (χ0) is 26.7. The first kappa shape index (κ1) is 26.9. The van der Waals surface area contributed by atoms with E-state index in [0.29, 0.717) is 16.7 Å². The topological polar surface area (TPSA) is 71.5 Å². The molecule has 0 saturated carbocycles. The van der Waals surface area contributed by atoms with Crippen molar-refractivity contribution in [2.24, 2.45) is 5.92 Å². The zero-order valence-electron chi connectivity index (χ0n) is 20.9. The van der Waals surface area contributed by atoms with Crippen molar-refractivity contribution in [2.75, 3.05) is 13.1 Å². The van der Waals surface area contributed by atoms with Crippen molar-refractivity contribution in [1.82, 2.24) is 4.31 Å². The minimum absolute atomic E-state index is 0.0104. The Kier molecular flexibility index (Phi) is 8.07. The normalized spacial score (nSPS) is 15.9. The highest BCUT2D eigenvalue weighted by molar-refractivity contribution is 9.10. The first-order chi connectivity index (χ1) is 17.6. The molecule has 1 aliphatic heterocycles. The van der Waals surface area contributed by atoms with E-state index in [1.807, 2.05) is 62.4 Å². The maximum absolute atomic E-state index is 13.5. The lowest BCUT2D eigenvalue weighted by Gasteiger charge is -2.21. The van der Waals surface area contributed by atoms with Crippen molar-refractivity contribution in [1.29, 1.82) is 0 Å². The van der Waals surface area contributed by atoms with Gasteiger partial charge in [0.2, 0.25) is 10.0 Å². The molecule has 7 heteroatoms. The summed E-state index contributed by atoms with van der Waals surface area (Å²) in [6.45, 7) is 5.25. The number of benzene rings is 3. The van der Waals surface area contributed by atoms with Gasteiger partial charge in [0.05, 0.1) is 4.90 Å². The van der Waals surface area contributed by atoms with Crippen LogP contribution in [-0.4, -0.2) is 37.4 Å². The molecular formula is C30H28BrNO4S. The molecule has 0 saturated heterocycles. The highest BCUT2D eigenvalue weighted by Gasteiger charge is 2.36. The minimum atomic E-state index is -3.83. The molecule has 3 aromatic rings. The van der Waals surface area contributed by atoms with Crippen molar-refractivity contribution >= 4 is 43.1 Å². The molecule has 0 aromatic heterocycles.